The summed E-state index contributed by atoms with van der Waals surface area (Å²) in [4.78, 5) is 23.5. The molecule has 134 valence electrons. The molecule has 0 spiro atoms. The molecule has 0 aliphatic carbocycles. The normalized spacial score (nSPS) is 11.2. The number of hydrogen-bond donors (Lipinski definition) is 1. The van der Waals surface area contributed by atoms with E-state index in [0.29, 0.717) is 23.7 Å². The Bertz CT molecular complexity index is 846. The third-order valence-corrected chi connectivity index (χ3v) is 3.68. The van der Waals surface area contributed by atoms with Crippen LogP contribution < -0.4 is 14.9 Å². The highest BCUT2D eigenvalue weighted by Gasteiger charge is 2.19. The highest BCUT2D eigenvalue weighted by Crippen LogP contribution is 2.32. The van der Waals surface area contributed by atoms with Crippen LogP contribution in [0, 0.1) is 5.41 Å². The Balaban J connectivity index is 2.69. The third-order valence-electron chi connectivity index (χ3n) is 3.68. The number of rotatable bonds is 5. The molecule has 1 heterocycles. The van der Waals surface area contributed by atoms with Gasteiger partial charge in [-0.2, -0.15) is 0 Å². The van der Waals surface area contributed by atoms with E-state index in [4.69, 9.17) is 9.47 Å². The minimum absolute atomic E-state index is 0.101. The number of nitrogens with zero attached hydrogens (tertiary/aromatic N) is 1. The summed E-state index contributed by atoms with van der Waals surface area (Å²) < 4.78 is 12.4. The number of carboxylic acid groups (broad SMARTS) is 1. The SMILES string of the molecule is COc1ccc(-c2cc(=O)c(C(=O)O)cn2CC(C)(C)C)cc1OC. The molecule has 6 heteroatoms. The summed E-state index contributed by atoms with van der Waals surface area (Å²) in [6, 6.07) is 6.70. The number of aromatic carboxylic acids is 1. The largest absolute Gasteiger partial charge is 0.493 e. The first kappa shape index (κ1) is 18.6. The van der Waals surface area contributed by atoms with Crippen LogP contribution in [0.2, 0.25) is 0 Å². The molecule has 0 unspecified atom stereocenters. The fourth-order valence-electron chi connectivity index (χ4n) is 2.62. The second-order valence-electron chi connectivity index (χ2n) is 7.00. The summed E-state index contributed by atoms with van der Waals surface area (Å²) in [7, 11) is 3.09. The molecule has 25 heavy (non-hydrogen) atoms. The van der Waals surface area contributed by atoms with Gasteiger partial charge in [0.15, 0.2) is 16.9 Å². The van der Waals surface area contributed by atoms with E-state index in [2.05, 4.69) is 0 Å². The van der Waals surface area contributed by atoms with Crippen LogP contribution in [0.1, 0.15) is 31.1 Å². The molecule has 1 N–H and O–H groups in total. The van der Waals surface area contributed by atoms with Crippen molar-refractivity contribution in [3.8, 4) is 22.8 Å². The van der Waals surface area contributed by atoms with Crippen molar-refractivity contribution >= 4 is 5.97 Å². The van der Waals surface area contributed by atoms with Crippen LogP contribution in [0.3, 0.4) is 0 Å². The second-order valence-corrected chi connectivity index (χ2v) is 7.00. The van der Waals surface area contributed by atoms with E-state index < -0.39 is 11.4 Å². The molecule has 0 fully saturated rings. The number of benzene rings is 1. The van der Waals surface area contributed by atoms with Crippen molar-refractivity contribution in [1.29, 1.82) is 0 Å². The van der Waals surface area contributed by atoms with Gasteiger partial charge in [0.05, 0.1) is 19.9 Å². The van der Waals surface area contributed by atoms with Crippen LogP contribution in [0.5, 0.6) is 11.5 Å². The Labute approximate surface area is 146 Å². The summed E-state index contributed by atoms with van der Waals surface area (Å²) in [5, 5.41) is 9.25. The molecular weight excluding hydrogens is 322 g/mol. The first-order valence-electron chi connectivity index (χ1n) is 7.86. The topological polar surface area (TPSA) is 77.8 Å². The Morgan fingerprint density at radius 2 is 1.76 bits per heavy atom. The number of pyridine rings is 1. The van der Waals surface area contributed by atoms with E-state index in [0.717, 1.165) is 5.56 Å². The van der Waals surface area contributed by atoms with Crippen molar-refractivity contribution in [1.82, 2.24) is 4.57 Å². The molecule has 0 radical (unpaired) electrons. The van der Waals surface area contributed by atoms with E-state index in [1.165, 1.54) is 19.4 Å². The van der Waals surface area contributed by atoms with E-state index in [9.17, 15) is 14.7 Å². The van der Waals surface area contributed by atoms with Gasteiger partial charge in [-0.15, -0.1) is 0 Å². The number of carboxylic acids is 1. The maximum absolute atomic E-state index is 12.2. The number of methoxy groups -OCH3 is 2. The lowest BCUT2D eigenvalue weighted by molar-refractivity contribution is 0.0694. The van der Waals surface area contributed by atoms with Crippen LogP contribution in [0.15, 0.2) is 35.3 Å². The molecule has 1 aromatic heterocycles. The second kappa shape index (κ2) is 7.01. The van der Waals surface area contributed by atoms with Crippen molar-refractivity contribution in [2.45, 2.75) is 27.3 Å². The molecule has 0 saturated carbocycles. The van der Waals surface area contributed by atoms with Crippen LogP contribution in [-0.2, 0) is 6.54 Å². The highest BCUT2D eigenvalue weighted by molar-refractivity contribution is 5.87. The highest BCUT2D eigenvalue weighted by atomic mass is 16.5. The van der Waals surface area contributed by atoms with Crippen LogP contribution in [-0.4, -0.2) is 29.9 Å². The van der Waals surface area contributed by atoms with Crippen molar-refractivity contribution in [3.63, 3.8) is 0 Å². The van der Waals surface area contributed by atoms with Gasteiger partial charge in [0.25, 0.3) is 0 Å². The summed E-state index contributed by atoms with van der Waals surface area (Å²) in [5.74, 6) is -0.110. The van der Waals surface area contributed by atoms with Crippen LogP contribution >= 0.6 is 0 Å². The predicted molar refractivity (Wildman–Crippen MR) is 95.7 cm³/mol. The Hall–Kier alpha value is -2.76. The van der Waals surface area contributed by atoms with Gasteiger partial charge in [-0.3, -0.25) is 4.79 Å². The molecule has 0 amide bonds. The number of aromatic nitrogens is 1. The number of hydrogen-bond acceptors (Lipinski definition) is 4. The van der Waals surface area contributed by atoms with Crippen molar-refractivity contribution in [2.75, 3.05) is 14.2 Å². The van der Waals surface area contributed by atoms with E-state index in [1.807, 2.05) is 26.8 Å². The lowest BCUT2D eigenvalue weighted by Gasteiger charge is -2.24. The summed E-state index contributed by atoms with van der Waals surface area (Å²) >= 11 is 0. The third kappa shape index (κ3) is 4.21. The maximum atomic E-state index is 12.2. The van der Waals surface area contributed by atoms with E-state index in [-0.39, 0.29) is 11.0 Å². The number of carbonyl (C=O) groups is 1. The molecule has 6 nitrogen and oxygen atoms in total. The van der Waals surface area contributed by atoms with Gasteiger partial charge < -0.3 is 19.1 Å². The van der Waals surface area contributed by atoms with Gasteiger partial charge in [0.2, 0.25) is 0 Å². The fourth-order valence-corrected chi connectivity index (χ4v) is 2.62. The summed E-state index contributed by atoms with van der Waals surface area (Å²) in [5.41, 5.74) is 0.508. The minimum Gasteiger partial charge on any atom is -0.493 e. The van der Waals surface area contributed by atoms with Gasteiger partial charge >= 0.3 is 5.97 Å². The average Bonchev–Trinajstić information content (AvgIpc) is 2.53. The van der Waals surface area contributed by atoms with E-state index in [1.54, 1.807) is 23.8 Å². The summed E-state index contributed by atoms with van der Waals surface area (Å²) in [6.45, 7) is 6.69. The molecular formula is C19H23NO5. The monoisotopic (exact) mass is 345 g/mol. The first-order valence-corrected chi connectivity index (χ1v) is 7.86. The number of ether oxygens (including phenoxy) is 2. The maximum Gasteiger partial charge on any atom is 0.341 e. The molecule has 2 rings (SSSR count). The smallest absolute Gasteiger partial charge is 0.341 e. The molecule has 0 aliphatic heterocycles. The molecule has 2 aromatic rings. The van der Waals surface area contributed by atoms with Gasteiger partial charge in [0, 0.05) is 24.4 Å². The van der Waals surface area contributed by atoms with Crippen molar-refractivity contribution < 1.29 is 19.4 Å². The molecule has 0 aliphatic rings. The van der Waals surface area contributed by atoms with Gasteiger partial charge in [-0.05, 0) is 23.6 Å². The Kier molecular flexibility index (Phi) is 5.21. The summed E-state index contributed by atoms with van der Waals surface area (Å²) in [6.07, 6.45) is 1.40. The average molecular weight is 345 g/mol. The predicted octanol–water partition coefficient (Wildman–Crippen LogP) is 3.28. The molecule has 1 aromatic carbocycles. The zero-order valence-corrected chi connectivity index (χ0v) is 15.1. The van der Waals surface area contributed by atoms with Crippen molar-refractivity contribution in [2.24, 2.45) is 5.41 Å². The van der Waals surface area contributed by atoms with Crippen LogP contribution in [0.25, 0.3) is 11.3 Å². The standard InChI is InChI=1S/C19H23NO5/c1-19(2,3)11-20-10-13(18(22)23)15(21)9-14(20)12-6-7-16(24-4)17(8-12)25-5/h6-10H,11H2,1-5H3,(H,22,23). The zero-order valence-electron chi connectivity index (χ0n) is 15.1. The van der Waals surface area contributed by atoms with E-state index >= 15 is 0 Å². The van der Waals surface area contributed by atoms with Crippen LogP contribution in [0.4, 0.5) is 0 Å². The quantitative estimate of drug-likeness (QED) is 0.900. The fraction of sp³-hybridized carbons (Fsp3) is 0.368. The zero-order chi connectivity index (χ0) is 18.8. The Morgan fingerprint density at radius 1 is 1.12 bits per heavy atom. The minimum atomic E-state index is -1.23. The van der Waals surface area contributed by atoms with Gasteiger partial charge in [-0.1, -0.05) is 20.8 Å². The van der Waals surface area contributed by atoms with Gasteiger partial charge in [0.1, 0.15) is 5.56 Å². The van der Waals surface area contributed by atoms with Gasteiger partial charge in [-0.25, -0.2) is 4.79 Å². The lowest BCUT2D eigenvalue weighted by Crippen LogP contribution is -2.23. The lowest BCUT2D eigenvalue weighted by atomic mass is 9.96. The Morgan fingerprint density at radius 3 is 2.28 bits per heavy atom. The first-order chi connectivity index (χ1) is 11.7. The molecule has 0 atom stereocenters. The van der Waals surface area contributed by atoms with Crippen molar-refractivity contribution in [3.05, 3.63) is 46.2 Å². The molecule has 0 saturated heterocycles. The molecule has 0 bridgehead atoms.